The van der Waals surface area contributed by atoms with Crippen molar-refractivity contribution in [3.8, 4) is 0 Å². The van der Waals surface area contributed by atoms with Crippen LogP contribution in [0.4, 0.5) is 0 Å². The molecule has 0 heteroatoms. The van der Waals surface area contributed by atoms with Crippen molar-refractivity contribution in [3.05, 3.63) is 68.8 Å². The Labute approximate surface area is 244 Å². The normalized spacial score (nSPS) is 15.1. The molecule has 2 aromatic rings. The van der Waals surface area contributed by atoms with Gasteiger partial charge >= 0.3 is 0 Å². The zero-order valence-corrected chi connectivity index (χ0v) is 29.6. The molecule has 0 aliphatic rings. The molecule has 39 heavy (non-hydrogen) atoms. The van der Waals surface area contributed by atoms with Crippen LogP contribution in [0.1, 0.15) is 182 Å². The minimum atomic E-state index is 0.0738. The van der Waals surface area contributed by atoms with E-state index in [0.29, 0.717) is 5.92 Å². The quantitative estimate of drug-likeness (QED) is 0.369. The van der Waals surface area contributed by atoms with Crippen molar-refractivity contribution in [2.45, 2.75) is 176 Å². The summed E-state index contributed by atoms with van der Waals surface area (Å²) in [5, 5.41) is 0. The summed E-state index contributed by atoms with van der Waals surface area (Å²) in [6.45, 7) is 45.3. The smallest absolute Gasteiger partial charge is 0.0129 e. The monoisotopic (exact) mass is 533 g/mol. The Bertz CT molecular complexity index is 1120. The Morgan fingerprint density at radius 1 is 0.410 bits per heavy atom. The number of rotatable bonds is 3. The van der Waals surface area contributed by atoms with Gasteiger partial charge in [0.2, 0.25) is 0 Å². The lowest BCUT2D eigenvalue weighted by molar-refractivity contribution is 0.514. The predicted molar refractivity (Wildman–Crippen MR) is 177 cm³/mol. The fraction of sp³-hybridized carbons (Fsp3) is 0.692. The Morgan fingerprint density at radius 3 is 1.05 bits per heavy atom. The Kier molecular flexibility index (Phi) is 8.94. The molecule has 0 bridgehead atoms. The number of benzene rings is 2. The second-order valence-corrected chi connectivity index (χ2v) is 18.6. The Balaban J connectivity index is 2.94. The van der Waals surface area contributed by atoms with Gasteiger partial charge in [0.25, 0.3) is 0 Å². The molecule has 2 rings (SSSR count). The molecule has 1 unspecified atom stereocenters. The lowest BCUT2D eigenvalue weighted by Crippen LogP contribution is -2.27. The molecule has 1 atom stereocenters. The zero-order chi connectivity index (χ0) is 30.7. The van der Waals surface area contributed by atoms with Crippen LogP contribution >= 0.6 is 0 Å². The van der Waals surface area contributed by atoms with Crippen molar-refractivity contribution in [1.29, 1.82) is 0 Å². The fourth-order valence-electron chi connectivity index (χ4n) is 6.04. The number of hydrogen-bond donors (Lipinski definition) is 0. The summed E-state index contributed by atoms with van der Waals surface area (Å²) < 4.78 is 0. The molecule has 0 N–H and O–H groups in total. The Hall–Kier alpha value is -1.56. The highest BCUT2D eigenvalue weighted by atomic mass is 14.4. The molecule has 0 saturated carbocycles. The van der Waals surface area contributed by atoms with Crippen LogP contribution in [-0.4, -0.2) is 0 Å². The van der Waals surface area contributed by atoms with Crippen LogP contribution in [-0.2, 0) is 38.9 Å². The van der Waals surface area contributed by atoms with E-state index in [1.165, 1.54) is 38.9 Å². The van der Waals surface area contributed by atoms with Gasteiger partial charge in [0.05, 0.1) is 0 Å². The molecule has 0 aliphatic carbocycles. The molecular formula is C39H64. The van der Waals surface area contributed by atoms with Crippen LogP contribution in [0.5, 0.6) is 0 Å². The van der Waals surface area contributed by atoms with E-state index in [9.17, 15) is 0 Å². The van der Waals surface area contributed by atoms with Gasteiger partial charge < -0.3 is 0 Å². The minimum absolute atomic E-state index is 0.0738. The van der Waals surface area contributed by atoms with E-state index in [1.807, 2.05) is 0 Å². The van der Waals surface area contributed by atoms with Crippen molar-refractivity contribution < 1.29 is 0 Å². The van der Waals surface area contributed by atoms with Gasteiger partial charge in [-0.25, -0.2) is 0 Å². The molecular weight excluding hydrogens is 468 g/mol. The van der Waals surface area contributed by atoms with Crippen LogP contribution in [0.15, 0.2) is 24.3 Å². The van der Waals surface area contributed by atoms with Gasteiger partial charge in [0, 0.05) is 0 Å². The third-order valence-corrected chi connectivity index (χ3v) is 8.35. The summed E-state index contributed by atoms with van der Waals surface area (Å²) in [7, 11) is 0. The second-order valence-electron chi connectivity index (χ2n) is 18.6. The van der Waals surface area contributed by atoms with Crippen LogP contribution in [0.3, 0.4) is 0 Å². The van der Waals surface area contributed by atoms with E-state index in [0.717, 1.165) is 6.42 Å². The highest BCUT2D eigenvalue weighted by molar-refractivity contribution is 5.52. The summed E-state index contributed by atoms with van der Waals surface area (Å²) in [6, 6.07) is 10.2. The van der Waals surface area contributed by atoms with E-state index in [-0.39, 0.29) is 32.5 Å². The Morgan fingerprint density at radius 2 is 0.744 bits per heavy atom. The maximum atomic E-state index is 2.59. The van der Waals surface area contributed by atoms with Crippen LogP contribution in [0.2, 0.25) is 0 Å². The van der Waals surface area contributed by atoms with E-state index < -0.39 is 0 Å². The first kappa shape index (κ1) is 33.6. The maximum Gasteiger partial charge on any atom is -0.0129 e. The molecule has 0 fully saturated rings. The summed E-state index contributed by atoms with van der Waals surface area (Å²) in [6.07, 6.45) is 1.06. The van der Waals surface area contributed by atoms with E-state index >= 15 is 0 Å². The summed E-state index contributed by atoms with van der Waals surface area (Å²) in [5.74, 6) is 0.414. The second kappa shape index (κ2) is 10.4. The van der Waals surface area contributed by atoms with Gasteiger partial charge in [-0.1, -0.05) is 156 Å². The third kappa shape index (κ3) is 7.80. The lowest BCUT2D eigenvalue weighted by atomic mass is 9.67. The molecule has 0 amide bonds. The zero-order valence-electron chi connectivity index (χ0n) is 29.6. The average molecular weight is 533 g/mol. The van der Waals surface area contributed by atoms with Crippen LogP contribution in [0.25, 0.3) is 0 Å². The van der Waals surface area contributed by atoms with Crippen molar-refractivity contribution in [1.82, 2.24) is 0 Å². The first-order chi connectivity index (χ1) is 17.1. The molecule has 0 saturated heterocycles. The van der Waals surface area contributed by atoms with E-state index in [2.05, 4.69) is 156 Å². The summed E-state index contributed by atoms with van der Waals surface area (Å²) in [4.78, 5) is 0. The highest BCUT2D eigenvalue weighted by Gasteiger charge is 2.33. The molecule has 0 aliphatic heterocycles. The molecule has 220 valence electrons. The van der Waals surface area contributed by atoms with E-state index in [1.54, 1.807) is 5.56 Å². The number of hydrogen-bond acceptors (Lipinski definition) is 0. The molecule has 0 spiro atoms. The van der Waals surface area contributed by atoms with Crippen LogP contribution < -0.4 is 0 Å². The maximum absolute atomic E-state index is 2.59. The highest BCUT2D eigenvalue weighted by Crippen LogP contribution is 2.44. The van der Waals surface area contributed by atoms with Crippen molar-refractivity contribution in [2.24, 2.45) is 0 Å². The minimum Gasteiger partial charge on any atom is -0.0581 e. The van der Waals surface area contributed by atoms with Crippen molar-refractivity contribution in [2.75, 3.05) is 0 Å². The fourth-order valence-corrected chi connectivity index (χ4v) is 6.04. The average Bonchev–Trinajstić information content (AvgIpc) is 2.68. The van der Waals surface area contributed by atoms with Crippen LogP contribution in [0, 0.1) is 0 Å². The topological polar surface area (TPSA) is 0 Å². The lowest BCUT2D eigenvalue weighted by Gasteiger charge is -2.37. The van der Waals surface area contributed by atoms with Crippen molar-refractivity contribution >= 4 is 0 Å². The summed E-state index contributed by atoms with van der Waals surface area (Å²) >= 11 is 0. The van der Waals surface area contributed by atoms with E-state index in [4.69, 9.17) is 0 Å². The van der Waals surface area contributed by atoms with Gasteiger partial charge in [0.1, 0.15) is 0 Å². The first-order valence-electron chi connectivity index (χ1n) is 15.4. The van der Waals surface area contributed by atoms with Gasteiger partial charge in [-0.3, -0.25) is 0 Å². The summed E-state index contributed by atoms with van der Waals surface area (Å²) in [5.41, 5.74) is 12.6. The molecule has 0 heterocycles. The SMILES string of the molecule is CC(Cc1cc(C(C)(C)C)c(C(C)(C)C)cc1C(C)(C)C)c1c(C(C)(C)C)cc(C(C)(C)C)cc1C(C)(C)C. The van der Waals surface area contributed by atoms with Crippen molar-refractivity contribution in [3.63, 3.8) is 0 Å². The first-order valence-corrected chi connectivity index (χ1v) is 15.4. The van der Waals surface area contributed by atoms with Gasteiger partial charge in [-0.05, 0) is 89.3 Å². The predicted octanol–water partition coefficient (Wildman–Crippen LogP) is 11.8. The third-order valence-electron chi connectivity index (χ3n) is 8.35. The van der Waals surface area contributed by atoms with Gasteiger partial charge in [0.15, 0.2) is 0 Å². The molecule has 0 nitrogen and oxygen atoms in total. The standard InChI is InChI=1S/C39H64/c1-25(33-31(38(14,15)16)22-27(34(2,3)4)23-32(33)39(17,18)19)20-26-21-29(36(8,9)10)30(37(11,12)13)24-28(26)35(5,6)7/h21-25H,20H2,1-19H3. The molecule has 0 radical (unpaired) electrons. The van der Waals surface area contributed by atoms with Gasteiger partial charge in [-0.15, -0.1) is 0 Å². The molecule has 0 aromatic heterocycles. The molecule has 2 aromatic carbocycles. The largest absolute Gasteiger partial charge is 0.0581 e. The van der Waals surface area contributed by atoms with Gasteiger partial charge in [-0.2, -0.15) is 0 Å².